The Labute approximate surface area is 247 Å². The maximum absolute atomic E-state index is 13.2. The van der Waals surface area contributed by atoms with Crippen LogP contribution >= 0.6 is 0 Å². The summed E-state index contributed by atoms with van der Waals surface area (Å²) in [6.45, 7) is 3.49. The summed E-state index contributed by atoms with van der Waals surface area (Å²) in [5.41, 5.74) is 0.269. The number of aromatic amines is 1. The molecule has 2 aromatic heterocycles. The first-order chi connectivity index (χ1) is 20.7. The van der Waals surface area contributed by atoms with Gasteiger partial charge in [0.2, 0.25) is 0 Å². The lowest BCUT2D eigenvalue weighted by molar-refractivity contribution is -0.384. The van der Waals surface area contributed by atoms with Crippen LogP contribution in [-0.4, -0.2) is 86.7 Å². The number of aromatic nitrogens is 2. The maximum atomic E-state index is 13.2. The van der Waals surface area contributed by atoms with Crippen LogP contribution in [0.3, 0.4) is 0 Å². The Bertz CT molecular complexity index is 1730. The predicted octanol–water partition coefficient (Wildman–Crippen LogP) is 3.14. The van der Waals surface area contributed by atoms with Crippen LogP contribution in [0.15, 0.2) is 71.9 Å². The van der Waals surface area contributed by atoms with Crippen LogP contribution in [-0.2, 0) is 19.5 Å². The molecule has 1 atom stereocenters. The van der Waals surface area contributed by atoms with E-state index in [9.17, 15) is 23.3 Å². The number of methoxy groups -OCH3 is 1. The molecule has 43 heavy (non-hydrogen) atoms. The zero-order valence-electron chi connectivity index (χ0n) is 23.2. The summed E-state index contributed by atoms with van der Waals surface area (Å²) < 4.78 is 45.0. The second-order valence-corrected chi connectivity index (χ2v) is 11.4. The molecular weight excluding hydrogens is 580 g/mol. The summed E-state index contributed by atoms with van der Waals surface area (Å²) in [6.07, 6.45) is 2.97. The van der Waals surface area contributed by atoms with Crippen LogP contribution in [0.4, 0.5) is 11.4 Å². The third kappa shape index (κ3) is 7.26. The third-order valence-electron chi connectivity index (χ3n) is 6.79. The first kappa shape index (κ1) is 29.9. The smallest absolute Gasteiger partial charge is 0.293 e. The SMILES string of the molecule is COCCN1CCOC(CNc2ccc(S(=O)(=O)NC(=O)c3ccccc3Oc3cnc4[nH]ccc4c3)cc2[N+](=O)[O-])C1. The van der Waals surface area contributed by atoms with Crippen molar-refractivity contribution in [3.63, 3.8) is 0 Å². The normalized spacial score (nSPS) is 15.7. The molecule has 0 radical (unpaired) electrons. The fourth-order valence-corrected chi connectivity index (χ4v) is 5.60. The molecule has 1 aliphatic heterocycles. The summed E-state index contributed by atoms with van der Waals surface area (Å²) in [7, 11) is -2.86. The first-order valence-corrected chi connectivity index (χ1v) is 14.8. The number of hydrogen-bond donors (Lipinski definition) is 3. The molecule has 0 spiro atoms. The number of hydrogen-bond acceptors (Lipinski definition) is 11. The summed E-state index contributed by atoms with van der Waals surface area (Å²) in [5.74, 6) is -0.526. The van der Waals surface area contributed by atoms with E-state index in [1.54, 1.807) is 31.5 Å². The van der Waals surface area contributed by atoms with E-state index in [2.05, 4.69) is 20.2 Å². The standard InChI is InChI=1S/C28H30N6O8S/c1-40-12-10-33-11-13-41-21(18-33)17-30-24-7-6-22(15-25(24)34(36)37)43(38,39)32-28(35)23-4-2-3-5-26(23)42-20-14-19-8-9-29-27(19)31-16-20/h2-9,14-16,21,30H,10-13,17-18H2,1H3,(H,29,31)(H,32,35). The topological polar surface area (TPSA) is 178 Å². The molecule has 3 N–H and O–H groups in total. The van der Waals surface area contributed by atoms with Crippen LogP contribution in [0.1, 0.15) is 10.4 Å². The van der Waals surface area contributed by atoms with E-state index in [1.807, 2.05) is 10.8 Å². The highest BCUT2D eigenvalue weighted by Crippen LogP contribution is 2.30. The molecule has 4 aromatic rings. The first-order valence-electron chi connectivity index (χ1n) is 13.4. The third-order valence-corrected chi connectivity index (χ3v) is 8.12. The average Bonchev–Trinajstić information content (AvgIpc) is 3.47. The number of nitro benzene ring substituents is 1. The molecule has 1 saturated heterocycles. The number of amides is 1. The molecule has 2 aromatic carbocycles. The van der Waals surface area contributed by atoms with E-state index in [0.29, 0.717) is 31.2 Å². The van der Waals surface area contributed by atoms with Gasteiger partial charge in [-0.3, -0.25) is 19.8 Å². The molecule has 1 fully saturated rings. The molecule has 226 valence electrons. The van der Waals surface area contributed by atoms with Crippen LogP contribution in [0.5, 0.6) is 11.5 Å². The van der Waals surface area contributed by atoms with Crippen molar-refractivity contribution in [1.82, 2.24) is 19.6 Å². The van der Waals surface area contributed by atoms with Gasteiger partial charge < -0.3 is 24.5 Å². The van der Waals surface area contributed by atoms with Gasteiger partial charge in [-0.25, -0.2) is 18.1 Å². The van der Waals surface area contributed by atoms with Gasteiger partial charge in [-0.05, 0) is 36.4 Å². The molecule has 15 heteroatoms. The fraction of sp³-hybridized carbons (Fsp3) is 0.286. The molecule has 0 saturated carbocycles. The van der Waals surface area contributed by atoms with Crippen LogP contribution in [0.2, 0.25) is 0 Å². The van der Waals surface area contributed by atoms with Gasteiger partial charge in [0.15, 0.2) is 0 Å². The largest absolute Gasteiger partial charge is 0.455 e. The lowest BCUT2D eigenvalue weighted by Gasteiger charge is -2.32. The summed E-state index contributed by atoms with van der Waals surface area (Å²) >= 11 is 0. The average molecular weight is 611 g/mol. The van der Waals surface area contributed by atoms with Gasteiger partial charge in [0.1, 0.15) is 22.8 Å². The van der Waals surface area contributed by atoms with Gasteiger partial charge in [0, 0.05) is 50.9 Å². The Morgan fingerprint density at radius 2 is 2.07 bits per heavy atom. The fourth-order valence-electron chi connectivity index (χ4n) is 4.61. The molecule has 5 rings (SSSR count). The number of carbonyl (C=O) groups excluding carboxylic acids is 1. The number of ether oxygens (including phenoxy) is 3. The molecule has 3 heterocycles. The summed E-state index contributed by atoms with van der Waals surface area (Å²) in [6, 6.07) is 13.0. The van der Waals surface area contributed by atoms with Crippen molar-refractivity contribution in [3.05, 3.63) is 82.7 Å². The molecule has 1 aliphatic rings. The van der Waals surface area contributed by atoms with E-state index in [4.69, 9.17) is 14.2 Å². The number of pyridine rings is 1. The minimum Gasteiger partial charge on any atom is -0.455 e. The number of anilines is 1. The number of carbonyl (C=O) groups is 1. The van der Waals surface area contributed by atoms with E-state index >= 15 is 0 Å². The number of nitro groups is 1. The zero-order valence-corrected chi connectivity index (χ0v) is 24.0. The predicted molar refractivity (Wildman–Crippen MR) is 157 cm³/mol. The highest BCUT2D eigenvalue weighted by atomic mass is 32.2. The van der Waals surface area contributed by atoms with Crippen molar-refractivity contribution in [2.24, 2.45) is 0 Å². The van der Waals surface area contributed by atoms with Crippen molar-refractivity contribution in [2.45, 2.75) is 11.0 Å². The molecular formula is C28H30N6O8S. The minimum atomic E-state index is -4.49. The molecule has 14 nitrogen and oxygen atoms in total. The summed E-state index contributed by atoms with van der Waals surface area (Å²) in [5, 5.41) is 15.6. The number of sulfonamides is 1. The Kier molecular flexibility index (Phi) is 9.16. The van der Waals surface area contributed by atoms with Gasteiger partial charge in [-0.1, -0.05) is 12.1 Å². The molecule has 0 bridgehead atoms. The van der Waals surface area contributed by atoms with E-state index in [1.165, 1.54) is 30.5 Å². The minimum absolute atomic E-state index is 0.0555. The number of nitrogens with one attached hydrogen (secondary N) is 3. The quantitative estimate of drug-likeness (QED) is 0.159. The second-order valence-electron chi connectivity index (χ2n) is 9.72. The van der Waals surface area contributed by atoms with Crippen molar-refractivity contribution in [1.29, 1.82) is 0 Å². The van der Waals surface area contributed by atoms with E-state index < -0.39 is 31.4 Å². The Morgan fingerprint density at radius 1 is 1.23 bits per heavy atom. The van der Waals surface area contributed by atoms with Crippen molar-refractivity contribution in [3.8, 4) is 11.5 Å². The molecule has 1 unspecified atom stereocenters. The number of nitrogens with zero attached hydrogens (tertiary/aromatic N) is 3. The maximum Gasteiger partial charge on any atom is 0.293 e. The van der Waals surface area contributed by atoms with Crippen LogP contribution in [0.25, 0.3) is 11.0 Å². The monoisotopic (exact) mass is 610 g/mol. The van der Waals surface area contributed by atoms with Gasteiger partial charge in [-0.15, -0.1) is 0 Å². The van der Waals surface area contributed by atoms with Crippen LogP contribution in [0, 0.1) is 10.1 Å². The van der Waals surface area contributed by atoms with Gasteiger partial charge >= 0.3 is 0 Å². The highest BCUT2D eigenvalue weighted by Gasteiger charge is 2.26. The van der Waals surface area contributed by atoms with Crippen molar-refractivity contribution in [2.75, 3.05) is 51.8 Å². The van der Waals surface area contributed by atoms with Crippen molar-refractivity contribution < 1.29 is 32.3 Å². The number of fused-ring (bicyclic) bond motifs is 1. The number of para-hydroxylation sites is 1. The van der Waals surface area contributed by atoms with Gasteiger partial charge in [0.25, 0.3) is 21.6 Å². The van der Waals surface area contributed by atoms with E-state index in [-0.39, 0.29) is 29.6 Å². The lowest BCUT2D eigenvalue weighted by atomic mass is 10.2. The molecule has 0 aliphatic carbocycles. The molecule has 1 amide bonds. The Morgan fingerprint density at radius 3 is 2.88 bits per heavy atom. The van der Waals surface area contributed by atoms with Gasteiger partial charge in [-0.2, -0.15) is 0 Å². The number of H-pyrrole nitrogens is 1. The summed E-state index contributed by atoms with van der Waals surface area (Å²) in [4.78, 5) is 33.2. The van der Waals surface area contributed by atoms with Gasteiger partial charge in [0.05, 0.1) is 40.9 Å². The zero-order chi connectivity index (χ0) is 30.4. The Hall–Kier alpha value is -4.57. The Balaban J connectivity index is 1.28. The number of rotatable bonds is 12. The van der Waals surface area contributed by atoms with Crippen molar-refractivity contribution >= 4 is 38.3 Å². The highest BCUT2D eigenvalue weighted by molar-refractivity contribution is 7.90. The number of benzene rings is 2. The van der Waals surface area contributed by atoms with E-state index in [0.717, 1.165) is 24.5 Å². The van der Waals surface area contributed by atoms with Crippen LogP contribution < -0.4 is 14.8 Å². The second kappa shape index (κ2) is 13.2. The number of morpholine rings is 1. The lowest BCUT2D eigenvalue weighted by Crippen LogP contribution is -2.46.